The Morgan fingerprint density at radius 2 is 1.47 bits per heavy atom. The number of sulfone groups is 1. The van der Waals surface area contributed by atoms with Crippen LogP contribution in [0.4, 0.5) is 5.69 Å². The molecule has 0 aliphatic heterocycles. The first-order valence-electron chi connectivity index (χ1n) is 9.59. The average molecular weight is 828 g/mol. The molecule has 0 spiro atoms. The van der Waals surface area contributed by atoms with Crippen molar-refractivity contribution >= 4 is 119 Å². The Morgan fingerprint density at radius 3 is 2.08 bits per heavy atom. The van der Waals surface area contributed by atoms with E-state index in [2.05, 4.69) is 69.0 Å². The number of anilines is 1. The van der Waals surface area contributed by atoms with Gasteiger partial charge in [-0.25, -0.2) is 8.42 Å². The maximum Gasteiger partial charge on any atom is 0.296 e. The van der Waals surface area contributed by atoms with E-state index in [0.29, 0.717) is 20.1 Å². The predicted molar refractivity (Wildman–Crippen MR) is 156 cm³/mol. The Bertz CT molecular complexity index is 1550. The SMILES string of the molecule is O=C(Nc1ccccc1SCCS(=O)(=O)c1ccc(Cl)cc1)c1c(Br)c(Br)c(Br)c(Br)c1S(=O)(=O)O. The molecule has 0 aromatic heterocycles. The molecule has 2 N–H and O–H groups in total. The molecule has 0 radical (unpaired) electrons. The number of halogens is 5. The Hall–Kier alpha value is -0.450. The molecule has 36 heavy (non-hydrogen) atoms. The maximum absolute atomic E-state index is 13.2. The van der Waals surface area contributed by atoms with Crippen molar-refractivity contribution in [2.45, 2.75) is 14.7 Å². The van der Waals surface area contributed by atoms with Gasteiger partial charge in [0.1, 0.15) is 4.90 Å². The third-order valence-electron chi connectivity index (χ3n) is 4.63. The monoisotopic (exact) mass is 823 g/mol. The van der Waals surface area contributed by atoms with Crippen LogP contribution in [0.5, 0.6) is 0 Å². The first-order chi connectivity index (χ1) is 16.7. The first-order valence-corrected chi connectivity index (χ1v) is 17.2. The molecule has 0 fully saturated rings. The number of carbonyl (C=O) groups is 1. The molecule has 1 amide bonds. The van der Waals surface area contributed by atoms with E-state index in [1.165, 1.54) is 36.0 Å². The van der Waals surface area contributed by atoms with Crippen LogP contribution in [0.3, 0.4) is 0 Å². The van der Waals surface area contributed by atoms with E-state index < -0.39 is 30.8 Å². The number of nitrogens with one attached hydrogen (secondary N) is 1. The molecule has 192 valence electrons. The number of carbonyl (C=O) groups excluding carboxylic acids is 1. The maximum atomic E-state index is 13.2. The van der Waals surface area contributed by atoms with Crippen molar-refractivity contribution in [3.05, 3.63) is 77.0 Å². The summed E-state index contributed by atoms with van der Waals surface area (Å²) in [5.41, 5.74) is 0.00399. The normalized spacial score (nSPS) is 11.9. The van der Waals surface area contributed by atoms with Crippen LogP contribution < -0.4 is 5.32 Å². The summed E-state index contributed by atoms with van der Waals surface area (Å²) in [5, 5.41) is 3.09. The number of rotatable bonds is 8. The van der Waals surface area contributed by atoms with Crippen molar-refractivity contribution in [1.82, 2.24) is 0 Å². The van der Waals surface area contributed by atoms with E-state index in [9.17, 15) is 26.2 Å². The molecule has 0 aliphatic rings. The fraction of sp³-hybridized carbons (Fsp3) is 0.0952. The van der Waals surface area contributed by atoms with E-state index in [-0.39, 0.29) is 35.4 Å². The molecule has 15 heteroatoms. The third kappa shape index (κ3) is 6.94. The zero-order valence-corrected chi connectivity index (χ0v) is 27.2. The molecule has 0 bridgehead atoms. The standard InChI is InChI=1S/C21H14Br4ClNO6S3/c22-16-15(20(36(31,32)33)19(25)18(24)17(16)23)21(28)27-13-3-1-2-4-14(13)34-9-10-35(29,30)12-7-5-11(26)6-8-12/h1-8H,9-10H2,(H,27,28)(H,31,32,33). The molecule has 0 saturated carbocycles. The minimum Gasteiger partial charge on any atom is -0.321 e. The van der Waals surface area contributed by atoms with Gasteiger partial charge < -0.3 is 5.32 Å². The number of thioether (sulfide) groups is 1. The van der Waals surface area contributed by atoms with Gasteiger partial charge in [0.05, 0.1) is 26.4 Å². The van der Waals surface area contributed by atoms with Crippen molar-refractivity contribution in [1.29, 1.82) is 0 Å². The first kappa shape index (κ1) is 30.1. The summed E-state index contributed by atoms with van der Waals surface area (Å²) in [7, 11) is -8.35. The summed E-state index contributed by atoms with van der Waals surface area (Å²) in [6, 6.07) is 12.6. The second-order valence-corrected chi connectivity index (χ2v) is 15.2. The molecule has 0 aliphatic carbocycles. The van der Waals surface area contributed by atoms with E-state index in [1.807, 2.05) is 0 Å². The topological polar surface area (TPSA) is 118 Å². The fourth-order valence-corrected chi connectivity index (χ4v) is 9.71. The lowest BCUT2D eigenvalue weighted by Crippen LogP contribution is -2.19. The number of hydrogen-bond acceptors (Lipinski definition) is 6. The molecule has 3 rings (SSSR count). The number of benzene rings is 3. The molecule has 0 saturated heterocycles. The number of hydrogen-bond donors (Lipinski definition) is 2. The van der Waals surface area contributed by atoms with Crippen molar-refractivity contribution in [3.8, 4) is 0 Å². The van der Waals surface area contributed by atoms with Crippen LogP contribution in [0.1, 0.15) is 10.4 Å². The van der Waals surface area contributed by atoms with Gasteiger partial charge in [-0.1, -0.05) is 23.7 Å². The summed E-state index contributed by atoms with van der Waals surface area (Å²) >= 11 is 19.8. The highest BCUT2D eigenvalue weighted by Crippen LogP contribution is 2.44. The molecular formula is C21H14Br4ClNO6S3. The van der Waals surface area contributed by atoms with Crippen LogP contribution >= 0.6 is 87.1 Å². The highest BCUT2D eigenvalue weighted by molar-refractivity contribution is 9.15. The highest BCUT2D eigenvalue weighted by Gasteiger charge is 2.31. The van der Waals surface area contributed by atoms with Gasteiger partial charge >= 0.3 is 0 Å². The van der Waals surface area contributed by atoms with Gasteiger partial charge in [0.25, 0.3) is 16.0 Å². The Kier molecular flexibility index (Phi) is 10.2. The second kappa shape index (κ2) is 12.2. The number of amides is 1. The summed E-state index contributed by atoms with van der Waals surface area (Å²) in [6.45, 7) is 0. The van der Waals surface area contributed by atoms with E-state index in [0.717, 1.165) is 0 Å². The van der Waals surface area contributed by atoms with Crippen LogP contribution in [-0.2, 0) is 20.0 Å². The molecule has 3 aromatic carbocycles. The Labute approximate surface area is 251 Å². The lowest BCUT2D eigenvalue weighted by atomic mass is 10.2. The second-order valence-electron chi connectivity index (χ2n) is 7.01. The summed E-state index contributed by atoms with van der Waals surface area (Å²) < 4.78 is 59.9. The quantitative estimate of drug-likeness (QED) is 0.105. The summed E-state index contributed by atoms with van der Waals surface area (Å²) in [4.78, 5) is 13.3. The van der Waals surface area contributed by atoms with E-state index in [4.69, 9.17) is 11.6 Å². The van der Waals surface area contributed by atoms with Crippen LogP contribution in [0.15, 0.2) is 81.1 Å². The largest absolute Gasteiger partial charge is 0.321 e. The fourth-order valence-electron chi connectivity index (χ4n) is 2.96. The minimum absolute atomic E-state index is 0.0414. The Morgan fingerprint density at radius 1 is 0.889 bits per heavy atom. The minimum atomic E-state index is -4.80. The Balaban J connectivity index is 1.86. The smallest absolute Gasteiger partial charge is 0.296 e. The predicted octanol–water partition coefficient (Wildman–Crippen LogP) is 7.46. The third-order valence-corrected chi connectivity index (χ3v) is 13.9. The van der Waals surface area contributed by atoms with Crippen LogP contribution in [0, 0.1) is 0 Å². The van der Waals surface area contributed by atoms with Gasteiger partial charge in [-0.3, -0.25) is 9.35 Å². The zero-order chi connectivity index (χ0) is 26.8. The van der Waals surface area contributed by atoms with E-state index in [1.54, 1.807) is 24.3 Å². The molecule has 0 unspecified atom stereocenters. The van der Waals surface area contributed by atoms with Crippen molar-refractivity contribution < 1.29 is 26.2 Å². The van der Waals surface area contributed by atoms with E-state index >= 15 is 0 Å². The molecule has 0 heterocycles. The van der Waals surface area contributed by atoms with Crippen molar-refractivity contribution in [2.24, 2.45) is 0 Å². The number of para-hydroxylation sites is 1. The van der Waals surface area contributed by atoms with Crippen LogP contribution in [0.2, 0.25) is 5.02 Å². The van der Waals surface area contributed by atoms with Gasteiger partial charge in [-0.05, 0) is 100 Å². The zero-order valence-electron chi connectivity index (χ0n) is 17.6. The van der Waals surface area contributed by atoms with Gasteiger partial charge in [0.15, 0.2) is 9.84 Å². The van der Waals surface area contributed by atoms with Crippen LogP contribution in [-0.4, -0.2) is 38.8 Å². The molecule has 3 aromatic rings. The van der Waals surface area contributed by atoms with Gasteiger partial charge in [-0.2, -0.15) is 8.42 Å². The van der Waals surface area contributed by atoms with Crippen LogP contribution in [0.25, 0.3) is 0 Å². The average Bonchev–Trinajstić information content (AvgIpc) is 2.80. The lowest BCUT2D eigenvalue weighted by Gasteiger charge is -2.16. The van der Waals surface area contributed by atoms with Gasteiger partial charge in [0, 0.05) is 29.1 Å². The summed E-state index contributed by atoms with van der Waals surface area (Å²) in [5.74, 6) is -0.787. The lowest BCUT2D eigenvalue weighted by molar-refractivity contribution is 0.102. The van der Waals surface area contributed by atoms with Crippen molar-refractivity contribution in [3.63, 3.8) is 0 Å². The molecular weight excluding hydrogens is 814 g/mol. The van der Waals surface area contributed by atoms with Gasteiger partial charge in [-0.15, -0.1) is 11.8 Å². The van der Waals surface area contributed by atoms with Crippen molar-refractivity contribution in [2.75, 3.05) is 16.8 Å². The molecule has 0 atom stereocenters. The molecule has 7 nitrogen and oxygen atoms in total. The van der Waals surface area contributed by atoms with Gasteiger partial charge in [0.2, 0.25) is 0 Å². The highest BCUT2D eigenvalue weighted by atomic mass is 79.9. The summed E-state index contributed by atoms with van der Waals surface area (Å²) in [6.07, 6.45) is 0.